The van der Waals surface area contributed by atoms with Crippen molar-refractivity contribution < 1.29 is 13.9 Å². The minimum absolute atomic E-state index is 0.140. The van der Waals surface area contributed by atoms with Gasteiger partial charge in [0.25, 0.3) is 5.91 Å². The average molecular weight is 267 g/mol. The number of halogens is 1. The zero-order chi connectivity index (χ0) is 14.6. The highest BCUT2D eigenvalue weighted by Crippen LogP contribution is 2.27. The van der Waals surface area contributed by atoms with Gasteiger partial charge in [0.2, 0.25) is 0 Å². The van der Waals surface area contributed by atoms with E-state index in [-0.39, 0.29) is 19.0 Å². The molecule has 2 rings (SSSR count). The van der Waals surface area contributed by atoms with Crippen LogP contribution in [0.1, 0.15) is 36.7 Å². The van der Waals surface area contributed by atoms with Crippen LogP contribution in [0.2, 0.25) is 0 Å². The minimum Gasteiger partial charge on any atom is -0.496 e. The van der Waals surface area contributed by atoms with E-state index in [0.29, 0.717) is 11.3 Å². The summed E-state index contributed by atoms with van der Waals surface area (Å²) in [6, 6.07) is 5.28. The highest BCUT2D eigenvalue weighted by molar-refractivity contribution is 5.95. The largest absolute Gasteiger partial charge is 0.496 e. The van der Waals surface area contributed by atoms with Gasteiger partial charge in [-0.3, -0.25) is 4.79 Å². The number of hydrogen-bond acceptors (Lipinski definition) is 2. The molecule has 1 aliphatic rings. The summed E-state index contributed by atoms with van der Waals surface area (Å²) in [5.41, 5.74) is 0.288. The average Bonchev–Trinajstić information content (AvgIpc) is 2.38. The van der Waals surface area contributed by atoms with E-state index in [2.05, 4.69) is 0 Å². The number of nitrogens with zero attached hydrogens (tertiary/aromatic N) is 1. The molecule has 1 aromatic rings. The Morgan fingerprint density at radius 2 is 1.95 bits per heavy atom. The van der Waals surface area contributed by atoms with E-state index in [1.54, 1.807) is 19.2 Å². The van der Waals surface area contributed by atoms with Gasteiger partial charge in [-0.1, -0.05) is 19.9 Å². The van der Waals surface area contributed by atoms with Crippen LogP contribution < -0.4 is 4.74 Å². The van der Waals surface area contributed by atoms with Crippen LogP contribution in [0, 0.1) is 6.92 Å². The highest BCUT2D eigenvalue weighted by atomic mass is 19.1. The summed E-state index contributed by atoms with van der Waals surface area (Å²) in [5, 5.41) is 0. The molecule has 0 bridgehead atoms. The third-order valence-corrected chi connectivity index (χ3v) is 2.98. The van der Waals surface area contributed by atoms with Gasteiger partial charge in [-0.2, -0.15) is 0 Å². The first-order chi connectivity index (χ1) is 8.93. The normalized spacial score (nSPS) is 16.0. The number of likely N-dealkylation sites (tertiary alicyclic amines) is 1. The fraction of sp³-hybridized carbons (Fsp3) is 0.533. The second-order valence-corrected chi connectivity index (χ2v) is 4.76. The number of aryl methyl sites for hydroxylation is 1. The molecule has 0 N–H and O–H groups in total. The van der Waals surface area contributed by atoms with Gasteiger partial charge in [-0.15, -0.1) is 0 Å². The molecule has 3 nitrogen and oxygen atoms in total. The molecular formula is C15H22FNO2. The van der Waals surface area contributed by atoms with E-state index in [1.807, 2.05) is 26.8 Å². The summed E-state index contributed by atoms with van der Waals surface area (Å²) in [6.07, 6.45) is 0. The molecule has 1 aliphatic heterocycles. The van der Waals surface area contributed by atoms with Crippen molar-refractivity contribution in [3.8, 4) is 5.75 Å². The maximum atomic E-state index is 13.3. The monoisotopic (exact) mass is 267 g/mol. The lowest BCUT2D eigenvalue weighted by Crippen LogP contribution is -2.59. The molecule has 1 fully saturated rings. The van der Waals surface area contributed by atoms with Gasteiger partial charge in [0, 0.05) is 5.56 Å². The standard InChI is InChI=1S/C13H16FNO2.C2H6/c1-9-4-5-10(6-11(9)17-3)12(16)15-7-13(2,14)8-15;1-2/h4-6H,7-8H2,1-3H3;1-2H3. The smallest absolute Gasteiger partial charge is 0.254 e. The van der Waals surface area contributed by atoms with Crippen molar-refractivity contribution >= 4 is 5.91 Å². The molecular weight excluding hydrogens is 245 g/mol. The van der Waals surface area contributed by atoms with Gasteiger partial charge in [-0.25, -0.2) is 4.39 Å². The predicted octanol–water partition coefficient (Wildman–Crippen LogP) is 3.21. The van der Waals surface area contributed by atoms with Gasteiger partial charge in [0.15, 0.2) is 0 Å². The lowest BCUT2D eigenvalue weighted by molar-refractivity contribution is -0.00787. The van der Waals surface area contributed by atoms with Crippen LogP contribution in [-0.4, -0.2) is 36.7 Å². The highest BCUT2D eigenvalue weighted by Gasteiger charge is 2.41. The van der Waals surface area contributed by atoms with Crippen molar-refractivity contribution in [1.82, 2.24) is 4.90 Å². The Morgan fingerprint density at radius 1 is 1.37 bits per heavy atom. The Balaban J connectivity index is 0.000000861. The van der Waals surface area contributed by atoms with Crippen LogP contribution in [0.25, 0.3) is 0 Å². The SMILES string of the molecule is CC.COc1cc(C(=O)N2CC(C)(F)C2)ccc1C. The second kappa shape index (κ2) is 6.04. The molecule has 1 amide bonds. The number of methoxy groups -OCH3 is 1. The molecule has 0 aliphatic carbocycles. The van der Waals surface area contributed by atoms with Crippen molar-refractivity contribution in [2.45, 2.75) is 33.4 Å². The van der Waals surface area contributed by atoms with E-state index >= 15 is 0 Å². The third kappa shape index (κ3) is 3.46. The summed E-state index contributed by atoms with van der Waals surface area (Å²) < 4.78 is 18.5. The van der Waals surface area contributed by atoms with Crippen molar-refractivity contribution in [2.24, 2.45) is 0 Å². The van der Waals surface area contributed by atoms with Crippen molar-refractivity contribution in [3.05, 3.63) is 29.3 Å². The zero-order valence-corrected chi connectivity index (χ0v) is 12.3. The van der Waals surface area contributed by atoms with Crippen LogP contribution in [0.3, 0.4) is 0 Å². The Hall–Kier alpha value is -1.58. The molecule has 19 heavy (non-hydrogen) atoms. The first-order valence-electron chi connectivity index (χ1n) is 6.56. The maximum Gasteiger partial charge on any atom is 0.254 e. The molecule has 0 radical (unpaired) electrons. The first-order valence-corrected chi connectivity index (χ1v) is 6.56. The number of ether oxygens (including phenoxy) is 1. The summed E-state index contributed by atoms with van der Waals surface area (Å²) in [6.45, 7) is 7.76. The number of amides is 1. The Labute approximate surface area is 114 Å². The summed E-state index contributed by atoms with van der Waals surface area (Å²) in [7, 11) is 1.57. The Bertz CT molecular complexity index is 449. The van der Waals surface area contributed by atoms with Gasteiger partial charge in [0.1, 0.15) is 11.4 Å². The molecule has 4 heteroatoms. The van der Waals surface area contributed by atoms with E-state index in [1.165, 1.54) is 11.8 Å². The Morgan fingerprint density at radius 3 is 2.42 bits per heavy atom. The summed E-state index contributed by atoms with van der Waals surface area (Å²) in [4.78, 5) is 13.5. The van der Waals surface area contributed by atoms with Gasteiger partial charge >= 0.3 is 0 Å². The number of rotatable bonds is 2. The van der Waals surface area contributed by atoms with E-state index in [0.717, 1.165) is 5.56 Å². The van der Waals surface area contributed by atoms with Gasteiger partial charge in [-0.05, 0) is 31.5 Å². The number of carbonyl (C=O) groups is 1. The van der Waals surface area contributed by atoms with E-state index in [9.17, 15) is 9.18 Å². The number of hydrogen-bond donors (Lipinski definition) is 0. The predicted molar refractivity (Wildman–Crippen MR) is 74.5 cm³/mol. The van der Waals surface area contributed by atoms with Crippen molar-refractivity contribution in [2.75, 3.05) is 20.2 Å². The molecule has 0 spiro atoms. The summed E-state index contributed by atoms with van der Waals surface area (Å²) in [5.74, 6) is 0.540. The van der Waals surface area contributed by atoms with Crippen LogP contribution in [-0.2, 0) is 0 Å². The van der Waals surface area contributed by atoms with E-state index < -0.39 is 5.67 Å². The van der Waals surface area contributed by atoms with E-state index in [4.69, 9.17) is 4.74 Å². The molecule has 1 heterocycles. The second-order valence-electron chi connectivity index (χ2n) is 4.76. The van der Waals surface area contributed by atoms with Crippen molar-refractivity contribution in [1.29, 1.82) is 0 Å². The lowest BCUT2D eigenvalue weighted by atomic mass is 9.97. The molecule has 106 valence electrons. The van der Waals surface area contributed by atoms with Gasteiger partial charge in [0.05, 0.1) is 20.2 Å². The molecule has 1 saturated heterocycles. The summed E-state index contributed by atoms with van der Waals surface area (Å²) >= 11 is 0. The van der Waals surface area contributed by atoms with Gasteiger partial charge < -0.3 is 9.64 Å². The molecule has 0 unspecified atom stereocenters. The number of benzene rings is 1. The van der Waals surface area contributed by atoms with Crippen molar-refractivity contribution in [3.63, 3.8) is 0 Å². The number of carbonyl (C=O) groups excluding carboxylic acids is 1. The quantitative estimate of drug-likeness (QED) is 0.823. The maximum absolute atomic E-state index is 13.3. The molecule has 0 saturated carbocycles. The van der Waals surface area contributed by atoms with Crippen LogP contribution >= 0.6 is 0 Å². The minimum atomic E-state index is -1.23. The zero-order valence-electron chi connectivity index (χ0n) is 12.3. The van der Waals surface area contributed by atoms with Crippen LogP contribution in [0.5, 0.6) is 5.75 Å². The number of alkyl halides is 1. The lowest BCUT2D eigenvalue weighted by Gasteiger charge is -2.42. The first kappa shape index (κ1) is 15.5. The molecule has 1 aromatic carbocycles. The Kier molecular flexibility index (Phi) is 4.92. The third-order valence-electron chi connectivity index (χ3n) is 2.98. The fourth-order valence-corrected chi connectivity index (χ4v) is 2.03. The van der Waals surface area contributed by atoms with Crippen LogP contribution in [0.15, 0.2) is 18.2 Å². The fourth-order valence-electron chi connectivity index (χ4n) is 2.03. The van der Waals surface area contributed by atoms with Crippen LogP contribution in [0.4, 0.5) is 4.39 Å². The topological polar surface area (TPSA) is 29.5 Å². The molecule has 0 aromatic heterocycles. The molecule has 0 atom stereocenters.